The molecule has 21 heavy (non-hydrogen) atoms. The second kappa shape index (κ2) is 6.23. The molecule has 0 radical (unpaired) electrons. The Hall–Kier alpha value is -1.27. The maximum Gasteiger partial charge on any atom is 0.191 e. The van der Waals surface area contributed by atoms with E-state index >= 15 is 0 Å². The Labute approximate surface area is 130 Å². The first kappa shape index (κ1) is 16.1. The number of guanidine groups is 1. The molecular formula is C14H20ClN3O2S. The van der Waals surface area contributed by atoms with Gasteiger partial charge in [0.1, 0.15) is 0 Å². The van der Waals surface area contributed by atoms with E-state index in [4.69, 9.17) is 17.3 Å². The van der Waals surface area contributed by atoms with Crippen molar-refractivity contribution in [1.82, 2.24) is 4.90 Å². The van der Waals surface area contributed by atoms with Gasteiger partial charge in [-0.15, -0.1) is 0 Å². The third-order valence-electron chi connectivity index (χ3n) is 3.55. The topological polar surface area (TPSA) is 75.8 Å². The summed E-state index contributed by atoms with van der Waals surface area (Å²) in [5.74, 6) is 0.514. The van der Waals surface area contributed by atoms with E-state index in [9.17, 15) is 8.42 Å². The summed E-state index contributed by atoms with van der Waals surface area (Å²) in [5, 5.41) is 0.392. The van der Waals surface area contributed by atoms with E-state index in [0.717, 1.165) is 18.4 Å². The largest absolute Gasteiger partial charge is 0.370 e. The summed E-state index contributed by atoms with van der Waals surface area (Å²) in [6.07, 6.45) is 2.28. The summed E-state index contributed by atoms with van der Waals surface area (Å²) in [5.41, 5.74) is 6.66. The predicted octanol–water partition coefficient (Wildman–Crippen LogP) is 2.04. The molecule has 1 fully saturated rings. The molecule has 0 heterocycles. The van der Waals surface area contributed by atoms with Crippen LogP contribution in [-0.2, 0) is 16.4 Å². The Morgan fingerprint density at radius 2 is 2.10 bits per heavy atom. The molecule has 116 valence electrons. The first-order valence-electron chi connectivity index (χ1n) is 6.88. The average Bonchev–Trinajstić information content (AvgIpc) is 3.28. The molecule has 0 saturated heterocycles. The lowest BCUT2D eigenvalue weighted by atomic mass is 10.2. The zero-order chi connectivity index (χ0) is 15.6. The molecule has 5 nitrogen and oxygen atoms in total. The van der Waals surface area contributed by atoms with Gasteiger partial charge < -0.3 is 10.6 Å². The zero-order valence-electron chi connectivity index (χ0n) is 12.2. The summed E-state index contributed by atoms with van der Waals surface area (Å²) in [7, 11) is -1.36. The minimum atomic E-state index is -3.28. The zero-order valence-corrected chi connectivity index (χ0v) is 13.8. The Morgan fingerprint density at radius 3 is 2.67 bits per heavy atom. The summed E-state index contributed by atoms with van der Waals surface area (Å²) >= 11 is 6.00. The molecule has 2 N–H and O–H groups in total. The molecule has 0 spiro atoms. The van der Waals surface area contributed by atoms with Gasteiger partial charge in [0.25, 0.3) is 0 Å². The first-order chi connectivity index (χ1) is 9.83. The van der Waals surface area contributed by atoms with Crippen molar-refractivity contribution in [2.75, 3.05) is 12.8 Å². The van der Waals surface area contributed by atoms with Gasteiger partial charge in [-0.05, 0) is 36.6 Å². The maximum atomic E-state index is 11.9. The quantitative estimate of drug-likeness (QED) is 0.662. The minimum Gasteiger partial charge on any atom is -0.370 e. The number of hydrogen-bond acceptors (Lipinski definition) is 3. The van der Waals surface area contributed by atoms with Gasteiger partial charge in [0.2, 0.25) is 0 Å². The number of benzene rings is 1. The van der Waals surface area contributed by atoms with Crippen molar-refractivity contribution >= 4 is 27.4 Å². The standard InChI is InChI=1S/C14H20ClN3O2S/c1-3-21(19,20)13-7-10(6-11(15)8-13)9-17-14(16)18(2)12-4-5-12/h6-8,12H,3-5,9H2,1-2H3,(H2,16,17). The summed E-state index contributed by atoms with van der Waals surface area (Å²) in [6, 6.07) is 5.28. The van der Waals surface area contributed by atoms with Gasteiger partial charge in [-0.2, -0.15) is 0 Å². The molecule has 0 atom stereocenters. The van der Waals surface area contributed by atoms with Gasteiger partial charge in [0.15, 0.2) is 15.8 Å². The molecular weight excluding hydrogens is 310 g/mol. The second-order valence-corrected chi connectivity index (χ2v) is 7.93. The fourth-order valence-corrected chi connectivity index (χ4v) is 3.28. The van der Waals surface area contributed by atoms with Crippen LogP contribution in [0.5, 0.6) is 0 Å². The van der Waals surface area contributed by atoms with Crippen molar-refractivity contribution in [3.63, 3.8) is 0 Å². The summed E-state index contributed by atoms with van der Waals surface area (Å²) in [6.45, 7) is 1.92. The average molecular weight is 330 g/mol. The monoisotopic (exact) mass is 329 g/mol. The highest BCUT2D eigenvalue weighted by atomic mass is 35.5. The molecule has 0 aliphatic heterocycles. The molecule has 2 rings (SSSR count). The Morgan fingerprint density at radius 1 is 1.43 bits per heavy atom. The van der Waals surface area contributed by atoms with Crippen LogP contribution in [-0.4, -0.2) is 38.1 Å². The van der Waals surface area contributed by atoms with Crippen molar-refractivity contribution in [2.24, 2.45) is 10.7 Å². The number of nitrogens with two attached hydrogens (primary N) is 1. The van der Waals surface area contributed by atoms with Crippen LogP contribution in [0.2, 0.25) is 5.02 Å². The number of nitrogens with zero attached hydrogens (tertiary/aromatic N) is 2. The first-order valence-corrected chi connectivity index (χ1v) is 8.91. The van der Waals surface area contributed by atoms with Crippen molar-refractivity contribution in [3.8, 4) is 0 Å². The van der Waals surface area contributed by atoms with Crippen LogP contribution in [0.4, 0.5) is 0 Å². The van der Waals surface area contributed by atoms with E-state index in [1.165, 1.54) is 6.07 Å². The number of hydrogen-bond donors (Lipinski definition) is 1. The number of halogens is 1. The molecule has 0 bridgehead atoms. The Balaban J connectivity index is 2.18. The van der Waals surface area contributed by atoms with E-state index in [-0.39, 0.29) is 10.6 Å². The van der Waals surface area contributed by atoms with Crippen molar-refractivity contribution in [3.05, 3.63) is 28.8 Å². The molecule has 1 aliphatic rings. The van der Waals surface area contributed by atoms with Crippen LogP contribution in [0.3, 0.4) is 0 Å². The van der Waals surface area contributed by atoms with E-state index < -0.39 is 9.84 Å². The fraction of sp³-hybridized carbons (Fsp3) is 0.500. The van der Waals surface area contributed by atoms with Crippen LogP contribution >= 0.6 is 11.6 Å². The minimum absolute atomic E-state index is 0.0443. The third-order valence-corrected chi connectivity index (χ3v) is 5.48. The molecule has 1 aromatic carbocycles. The number of rotatable bonds is 5. The summed E-state index contributed by atoms with van der Waals surface area (Å²) < 4.78 is 23.8. The van der Waals surface area contributed by atoms with Crippen LogP contribution < -0.4 is 5.73 Å². The van der Waals surface area contributed by atoms with E-state index in [1.807, 2.05) is 11.9 Å². The van der Waals surface area contributed by atoms with Gasteiger partial charge >= 0.3 is 0 Å². The lowest BCUT2D eigenvalue weighted by molar-refractivity contribution is 0.487. The van der Waals surface area contributed by atoms with Gasteiger partial charge in [-0.1, -0.05) is 18.5 Å². The van der Waals surface area contributed by atoms with Crippen LogP contribution in [0.25, 0.3) is 0 Å². The maximum absolute atomic E-state index is 11.9. The normalized spacial score (nSPS) is 16.0. The van der Waals surface area contributed by atoms with Crippen LogP contribution in [0.1, 0.15) is 25.3 Å². The lowest BCUT2D eigenvalue weighted by Crippen LogP contribution is -2.35. The highest BCUT2D eigenvalue weighted by Crippen LogP contribution is 2.25. The molecule has 7 heteroatoms. The van der Waals surface area contributed by atoms with Crippen molar-refractivity contribution < 1.29 is 8.42 Å². The number of aliphatic imine (C=N–C) groups is 1. The highest BCUT2D eigenvalue weighted by Gasteiger charge is 2.27. The van der Waals surface area contributed by atoms with E-state index in [2.05, 4.69) is 4.99 Å². The highest BCUT2D eigenvalue weighted by molar-refractivity contribution is 7.91. The number of sulfone groups is 1. The predicted molar refractivity (Wildman–Crippen MR) is 85.3 cm³/mol. The smallest absolute Gasteiger partial charge is 0.191 e. The summed E-state index contributed by atoms with van der Waals surface area (Å²) in [4.78, 5) is 6.50. The van der Waals surface area contributed by atoms with Crippen molar-refractivity contribution in [1.29, 1.82) is 0 Å². The molecule has 0 amide bonds. The van der Waals surface area contributed by atoms with Crippen LogP contribution in [0.15, 0.2) is 28.1 Å². The van der Waals surface area contributed by atoms with Gasteiger partial charge in [-0.25, -0.2) is 13.4 Å². The van der Waals surface area contributed by atoms with Gasteiger partial charge in [0, 0.05) is 18.1 Å². The Bertz CT molecular complexity index is 654. The lowest BCUT2D eigenvalue weighted by Gasteiger charge is -2.16. The molecule has 0 unspecified atom stereocenters. The van der Waals surface area contributed by atoms with Crippen molar-refractivity contribution in [2.45, 2.75) is 37.2 Å². The third kappa shape index (κ3) is 4.11. The van der Waals surface area contributed by atoms with Gasteiger partial charge in [0.05, 0.1) is 17.2 Å². The van der Waals surface area contributed by atoms with Crippen LogP contribution in [0, 0.1) is 0 Å². The SMILES string of the molecule is CCS(=O)(=O)c1cc(Cl)cc(CN=C(N)N(C)C2CC2)c1. The molecule has 1 aromatic rings. The molecule has 0 aromatic heterocycles. The molecule has 1 saturated carbocycles. The van der Waals surface area contributed by atoms with E-state index in [0.29, 0.717) is 23.6 Å². The second-order valence-electron chi connectivity index (χ2n) is 5.22. The fourth-order valence-electron chi connectivity index (χ4n) is 1.99. The Kier molecular flexibility index (Phi) is 4.78. The van der Waals surface area contributed by atoms with E-state index in [1.54, 1.807) is 19.1 Å². The molecule has 1 aliphatic carbocycles. The van der Waals surface area contributed by atoms with Gasteiger partial charge in [-0.3, -0.25) is 0 Å².